The molecular formula is C7H11ClN2S. The largest absolute Gasteiger partial charge is 0.330 e. The lowest BCUT2D eigenvalue weighted by Gasteiger charge is -2.05. The van der Waals surface area contributed by atoms with Gasteiger partial charge in [0.05, 0.1) is 4.34 Å². The van der Waals surface area contributed by atoms with Crippen LogP contribution in [0.1, 0.15) is 17.3 Å². The SMILES string of the molecule is NCC[C@H](N)c1ccc(Cl)s1. The molecule has 0 bridgehead atoms. The lowest BCUT2D eigenvalue weighted by atomic mass is 10.2. The molecule has 0 saturated heterocycles. The van der Waals surface area contributed by atoms with Crippen molar-refractivity contribution in [2.45, 2.75) is 12.5 Å². The highest BCUT2D eigenvalue weighted by molar-refractivity contribution is 7.16. The maximum atomic E-state index is 5.79. The zero-order chi connectivity index (χ0) is 8.27. The Balaban J connectivity index is 2.60. The molecule has 4 N–H and O–H groups in total. The third-order valence-corrected chi connectivity index (χ3v) is 2.80. The van der Waals surface area contributed by atoms with E-state index >= 15 is 0 Å². The summed E-state index contributed by atoms with van der Waals surface area (Å²) in [6.07, 6.45) is 0.816. The molecule has 0 fully saturated rings. The van der Waals surface area contributed by atoms with Gasteiger partial charge in [0, 0.05) is 10.9 Å². The Bertz CT molecular complexity index is 224. The van der Waals surface area contributed by atoms with Crippen LogP contribution in [0, 0.1) is 0 Å². The van der Waals surface area contributed by atoms with Gasteiger partial charge < -0.3 is 11.5 Å². The number of hydrogen-bond donors (Lipinski definition) is 2. The summed E-state index contributed by atoms with van der Waals surface area (Å²) in [4.78, 5) is 1.11. The van der Waals surface area contributed by atoms with Gasteiger partial charge in [0.2, 0.25) is 0 Å². The quantitative estimate of drug-likeness (QED) is 0.763. The second-order valence-electron chi connectivity index (χ2n) is 2.33. The lowest BCUT2D eigenvalue weighted by molar-refractivity contribution is 0.672. The number of rotatable bonds is 3. The van der Waals surface area contributed by atoms with E-state index in [1.165, 1.54) is 11.3 Å². The van der Waals surface area contributed by atoms with Gasteiger partial charge in [-0.15, -0.1) is 11.3 Å². The van der Waals surface area contributed by atoms with Crippen LogP contribution in [0.5, 0.6) is 0 Å². The van der Waals surface area contributed by atoms with Gasteiger partial charge in [0.25, 0.3) is 0 Å². The second kappa shape index (κ2) is 4.07. The van der Waals surface area contributed by atoms with Crippen molar-refractivity contribution in [1.29, 1.82) is 0 Å². The molecular weight excluding hydrogens is 180 g/mol. The van der Waals surface area contributed by atoms with Crippen LogP contribution in [0.4, 0.5) is 0 Å². The summed E-state index contributed by atoms with van der Waals surface area (Å²) < 4.78 is 0.785. The minimum atomic E-state index is 0.0532. The van der Waals surface area contributed by atoms with Crippen LogP contribution >= 0.6 is 22.9 Å². The van der Waals surface area contributed by atoms with Crippen LogP contribution in [0.3, 0.4) is 0 Å². The van der Waals surface area contributed by atoms with E-state index < -0.39 is 0 Å². The van der Waals surface area contributed by atoms with E-state index in [2.05, 4.69) is 0 Å². The standard InChI is InChI=1S/C7H11ClN2S/c8-7-2-1-6(11-7)5(10)3-4-9/h1-2,5H,3-4,9-10H2/t5-/m0/s1. The van der Waals surface area contributed by atoms with Crippen LogP contribution in [0.2, 0.25) is 4.34 Å². The highest BCUT2D eigenvalue weighted by Gasteiger charge is 2.06. The third kappa shape index (κ3) is 2.45. The van der Waals surface area contributed by atoms with Crippen molar-refractivity contribution in [1.82, 2.24) is 0 Å². The molecule has 4 heteroatoms. The molecule has 1 aromatic heterocycles. The summed E-state index contributed by atoms with van der Waals surface area (Å²) in [6, 6.07) is 3.86. The van der Waals surface area contributed by atoms with E-state index in [1.807, 2.05) is 12.1 Å². The van der Waals surface area contributed by atoms with Crippen molar-refractivity contribution in [3.05, 3.63) is 21.3 Å². The van der Waals surface area contributed by atoms with Crippen molar-refractivity contribution in [2.75, 3.05) is 6.54 Å². The summed E-state index contributed by atoms with van der Waals surface area (Å²) >= 11 is 7.26. The zero-order valence-corrected chi connectivity index (χ0v) is 7.66. The van der Waals surface area contributed by atoms with Gasteiger partial charge in [-0.1, -0.05) is 11.6 Å². The van der Waals surface area contributed by atoms with E-state index in [0.717, 1.165) is 15.6 Å². The summed E-state index contributed by atoms with van der Waals surface area (Å²) in [6.45, 7) is 0.622. The molecule has 1 aromatic rings. The average molecular weight is 191 g/mol. The zero-order valence-electron chi connectivity index (χ0n) is 6.09. The Morgan fingerprint density at radius 1 is 1.55 bits per heavy atom. The first-order valence-corrected chi connectivity index (χ1v) is 4.64. The maximum Gasteiger partial charge on any atom is 0.0931 e. The molecule has 11 heavy (non-hydrogen) atoms. The number of hydrogen-bond acceptors (Lipinski definition) is 3. The van der Waals surface area contributed by atoms with Crippen molar-refractivity contribution in [3.63, 3.8) is 0 Å². The first-order chi connectivity index (χ1) is 5.24. The Morgan fingerprint density at radius 2 is 2.27 bits per heavy atom. The van der Waals surface area contributed by atoms with Crippen LogP contribution in [-0.2, 0) is 0 Å². The van der Waals surface area contributed by atoms with Crippen LogP contribution in [-0.4, -0.2) is 6.54 Å². The molecule has 0 spiro atoms. The number of halogens is 1. The molecule has 62 valence electrons. The van der Waals surface area contributed by atoms with Crippen molar-refractivity contribution in [3.8, 4) is 0 Å². The third-order valence-electron chi connectivity index (χ3n) is 1.44. The van der Waals surface area contributed by atoms with Crippen LogP contribution in [0.15, 0.2) is 12.1 Å². The van der Waals surface area contributed by atoms with Crippen LogP contribution < -0.4 is 11.5 Å². The molecule has 0 aliphatic carbocycles. The number of nitrogens with two attached hydrogens (primary N) is 2. The fraction of sp³-hybridized carbons (Fsp3) is 0.429. The van der Waals surface area contributed by atoms with Gasteiger partial charge in [-0.05, 0) is 25.1 Å². The normalized spacial score (nSPS) is 13.4. The minimum absolute atomic E-state index is 0.0532. The molecule has 0 aliphatic rings. The van der Waals surface area contributed by atoms with Gasteiger partial charge in [0.1, 0.15) is 0 Å². The smallest absolute Gasteiger partial charge is 0.0931 e. The fourth-order valence-corrected chi connectivity index (χ4v) is 1.95. The minimum Gasteiger partial charge on any atom is -0.330 e. The molecule has 0 saturated carbocycles. The van der Waals surface area contributed by atoms with E-state index in [9.17, 15) is 0 Å². The van der Waals surface area contributed by atoms with Gasteiger partial charge in [-0.3, -0.25) is 0 Å². The second-order valence-corrected chi connectivity index (χ2v) is 4.07. The molecule has 1 heterocycles. The lowest BCUT2D eigenvalue weighted by Crippen LogP contribution is -2.13. The monoisotopic (exact) mass is 190 g/mol. The predicted molar refractivity (Wildman–Crippen MR) is 49.9 cm³/mol. The number of thiophene rings is 1. The topological polar surface area (TPSA) is 52.0 Å². The molecule has 1 atom stereocenters. The molecule has 0 unspecified atom stereocenters. The molecule has 0 aromatic carbocycles. The average Bonchev–Trinajstić information content (AvgIpc) is 2.36. The van der Waals surface area contributed by atoms with Crippen molar-refractivity contribution in [2.24, 2.45) is 11.5 Å². The summed E-state index contributed by atoms with van der Waals surface area (Å²) in [7, 11) is 0. The van der Waals surface area contributed by atoms with E-state index in [1.54, 1.807) is 0 Å². The highest BCUT2D eigenvalue weighted by Crippen LogP contribution is 2.26. The first kappa shape index (κ1) is 9.00. The molecule has 1 rings (SSSR count). The summed E-state index contributed by atoms with van der Waals surface area (Å²) in [5.74, 6) is 0. The first-order valence-electron chi connectivity index (χ1n) is 3.45. The Hall–Kier alpha value is -0.0900. The van der Waals surface area contributed by atoms with E-state index in [4.69, 9.17) is 23.1 Å². The summed E-state index contributed by atoms with van der Waals surface area (Å²) in [5, 5.41) is 0. The van der Waals surface area contributed by atoms with Gasteiger partial charge in [0.15, 0.2) is 0 Å². The fourth-order valence-electron chi connectivity index (χ4n) is 0.849. The Morgan fingerprint density at radius 3 is 2.73 bits per heavy atom. The maximum absolute atomic E-state index is 5.79. The van der Waals surface area contributed by atoms with Gasteiger partial charge in [-0.25, -0.2) is 0 Å². The Labute approximate surface area is 75.1 Å². The summed E-state index contributed by atoms with van der Waals surface area (Å²) in [5.41, 5.74) is 11.2. The molecule has 0 aliphatic heterocycles. The Kier molecular flexibility index (Phi) is 3.33. The predicted octanol–water partition coefficient (Wildman–Crippen LogP) is 1.75. The van der Waals surface area contributed by atoms with Crippen LogP contribution in [0.25, 0.3) is 0 Å². The van der Waals surface area contributed by atoms with Crippen molar-refractivity contribution >= 4 is 22.9 Å². The molecule has 0 amide bonds. The van der Waals surface area contributed by atoms with Crippen molar-refractivity contribution < 1.29 is 0 Å². The molecule has 0 radical (unpaired) electrons. The van der Waals surface area contributed by atoms with Gasteiger partial charge >= 0.3 is 0 Å². The van der Waals surface area contributed by atoms with E-state index in [-0.39, 0.29) is 6.04 Å². The highest BCUT2D eigenvalue weighted by atomic mass is 35.5. The molecule has 2 nitrogen and oxygen atoms in total. The van der Waals surface area contributed by atoms with E-state index in [0.29, 0.717) is 6.54 Å². The van der Waals surface area contributed by atoms with Gasteiger partial charge in [-0.2, -0.15) is 0 Å².